The highest BCUT2D eigenvalue weighted by Crippen LogP contribution is 2.21. The Kier molecular flexibility index (Phi) is 8.53. The molecule has 0 saturated carbocycles. The predicted molar refractivity (Wildman–Crippen MR) is 118 cm³/mol. The van der Waals surface area contributed by atoms with E-state index < -0.39 is 16.0 Å². The molecule has 0 aliphatic carbocycles. The van der Waals surface area contributed by atoms with Crippen molar-refractivity contribution >= 4 is 27.9 Å². The van der Waals surface area contributed by atoms with Gasteiger partial charge in [-0.3, -0.25) is 4.79 Å². The number of nitrogens with zero attached hydrogens (tertiary/aromatic N) is 1. The fraction of sp³-hybridized carbons (Fsp3) is 0.304. The number of ketones is 1. The van der Waals surface area contributed by atoms with Gasteiger partial charge < -0.3 is 9.47 Å². The monoisotopic (exact) mass is 445 g/mol. The minimum absolute atomic E-state index is 0.0471. The largest absolute Gasteiger partial charge is 0.496 e. The molecule has 0 fully saturated rings. The van der Waals surface area contributed by atoms with Crippen LogP contribution in [0.15, 0.2) is 53.4 Å². The fourth-order valence-electron chi connectivity index (χ4n) is 2.94. The highest BCUT2D eigenvalue weighted by atomic mass is 32.2. The topological polar surface area (TPSA) is 90.0 Å². The van der Waals surface area contributed by atoms with Crippen LogP contribution in [0.1, 0.15) is 42.3 Å². The molecule has 0 amide bonds. The first-order valence-electron chi connectivity index (χ1n) is 9.85. The first-order chi connectivity index (χ1) is 14.7. The van der Waals surface area contributed by atoms with Gasteiger partial charge in [-0.05, 0) is 48.9 Å². The number of carbonyl (C=O) groups is 2. The van der Waals surface area contributed by atoms with Crippen molar-refractivity contribution in [3.8, 4) is 5.75 Å². The van der Waals surface area contributed by atoms with Crippen molar-refractivity contribution in [1.82, 2.24) is 4.31 Å². The van der Waals surface area contributed by atoms with Gasteiger partial charge in [0.25, 0.3) is 0 Å². The van der Waals surface area contributed by atoms with Crippen LogP contribution in [0.4, 0.5) is 0 Å². The second kappa shape index (κ2) is 10.9. The lowest BCUT2D eigenvalue weighted by molar-refractivity contribution is -0.138. The molecule has 2 aromatic carbocycles. The van der Waals surface area contributed by atoms with Crippen molar-refractivity contribution in [3.63, 3.8) is 0 Å². The number of sulfonamides is 1. The Morgan fingerprint density at radius 3 is 2.23 bits per heavy atom. The molecule has 0 heterocycles. The summed E-state index contributed by atoms with van der Waals surface area (Å²) in [5, 5.41) is 0. The molecule has 0 aromatic heterocycles. The van der Waals surface area contributed by atoms with Crippen molar-refractivity contribution in [3.05, 3.63) is 65.2 Å². The lowest BCUT2D eigenvalue weighted by Gasteiger charge is -2.18. The SMILES string of the molecule is CCN(CC)S(=O)(=O)c1ccc(/C=C/C(=O)OCc2cc(C(C)=O)ccc2OC)cc1. The van der Waals surface area contributed by atoms with Crippen LogP contribution in [0.2, 0.25) is 0 Å². The van der Waals surface area contributed by atoms with E-state index in [2.05, 4.69) is 0 Å². The van der Waals surface area contributed by atoms with Gasteiger partial charge in [0.1, 0.15) is 12.4 Å². The summed E-state index contributed by atoms with van der Waals surface area (Å²) in [5.41, 5.74) is 1.75. The van der Waals surface area contributed by atoms with E-state index in [1.165, 1.54) is 36.5 Å². The summed E-state index contributed by atoms with van der Waals surface area (Å²) >= 11 is 0. The molecule has 7 nitrogen and oxygen atoms in total. The zero-order valence-corrected chi connectivity index (χ0v) is 18.9. The van der Waals surface area contributed by atoms with Gasteiger partial charge in [0.05, 0.1) is 12.0 Å². The summed E-state index contributed by atoms with van der Waals surface area (Å²) in [5.74, 6) is -0.150. The summed E-state index contributed by atoms with van der Waals surface area (Å²) in [7, 11) is -2.02. The fourth-order valence-corrected chi connectivity index (χ4v) is 4.39. The minimum atomic E-state index is -3.52. The van der Waals surface area contributed by atoms with Crippen LogP contribution in [0.5, 0.6) is 5.75 Å². The Bertz CT molecular complexity index is 1050. The number of hydrogen-bond acceptors (Lipinski definition) is 6. The number of Topliss-reactive ketones (excluding diaryl/α,β-unsaturated/α-hetero) is 1. The van der Waals surface area contributed by atoms with Gasteiger partial charge in [-0.15, -0.1) is 0 Å². The van der Waals surface area contributed by atoms with Gasteiger partial charge in [-0.2, -0.15) is 4.31 Å². The van der Waals surface area contributed by atoms with Crippen molar-refractivity contribution in [2.45, 2.75) is 32.3 Å². The van der Waals surface area contributed by atoms with Crippen LogP contribution in [0.25, 0.3) is 6.08 Å². The van der Waals surface area contributed by atoms with Gasteiger partial charge in [0.15, 0.2) is 5.78 Å². The van der Waals surface area contributed by atoms with Crippen LogP contribution < -0.4 is 4.74 Å². The van der Waals surface area contributed by atoms with E-state index in [1.807, 2.05) is 0 Å². The smallest absolute Gasteiger partial charge is 0.331 e. The summed E-state index contributed by atoms with van der Waals surface area (Å²) < 4.78 is 36.9. The van der Waals surface area contributed by atoms with Gasteiger partial charge in [-0.1, -0.05) is 26.0 Å². The van der Waals surface area contributed by atoms with Gasteiger partial charge in [0.2, 0.25) is 10.0 Å². The van der Waals surface area contributed by atoms with Crippen LogP contribution in [-0.4, -0.2) is 44.7 Å². The van der Waals surface area contributed by atoms with Crippen LogP contribution in [-0.2, 0) is 26.2 Å². The number of hydrogen-bond donors (Lipinski definition) is 0. The van der Waals surface area contributed by atoms with Crippen LogP contribution >= 0.6 is 0 Å². The molecule has 8 heteroatoms. The second-order valence-corrected chi connectivity index (χ2v) is 8.62. The highest BCUT2D eigenvalue weighted by molar-refractivity contribution is 7.89. The van der Waals surface area contributed by atoms with Crippen molar-refractivity contribution in [2.75, 3.05) is 20.2 Å². The van der Waals surface area contributed by atoms with E-state index in [9.17, 15) is 18.0 Å². The molecule has 2 rings (SSSR count). The van der Waals surface area contributed by atoms with Crippen LogP contribution in [0.3, 0.4) is 0 Å². The predicted octanol–water partition coefficient (Wildman–Crippen LogP) is 3.68. The molecule has 0 unspecified atom stereocenters. The number of benzene rings is 2. The third kappa shape index (κ3) is 6.26. The van der Waals surface area contributed by atoms with Crippen LogP contribution in [0, 0.1) is 0 Å². The van der Waals surface area contributed by atoms with E-state index in [1.54, 1.807) is 50.3 Å². The Morgan fingerprint density at radius 1 is 1.03 bits per heavy atom. The zero-order chi connectivity index (χ0) is 23.0. The van der Waals surface area contributed by atoms with E-state index in [-0.39, 0.29) is 17.3 Å². The first-order valence-corrected chi connectivity index (χ1v) is 11.3. The Balaban J connectivity index is 2.04. The van der Waals surface area contributed by atoms with E-state index in [0.717, 1.165) is 0 Å². The standard InChI is InChI=1S/C23H27NO6S/c1-5-24(6-2)31(27,28)21-11-7-18(8-12-21)9-14-23(26)30-16-20-15-19(17(3)25)10-13-22(20)29-4/h7-15H,5-6,16H2,1-4H3/b14-9+. The van der Waals surface area contributed by atoms with E-state index >= 15 is 0 Å². The Hall–Kier alpha value is -2.97. The molecule has 166 valence electrons. The summed E-state index contributed by atoms with van der Waals surface area (Å²) in [6, 6.07) is 11.2. The Labute approximate surface area is 183 Å². The Morgan fingerprint density at radius 2 is 1.68 bits per heavy atom. The second-order valence-electron chi connectivity index (χ2n) is 6.68. The van der Waals surface area contributed by atoms with Crippen molar-refractivity contribution in [2.24, 2.45) is 0 Å². The molecule has 0 radical (unpaired) electrons. The zero-order valence-electron chi connectivity index (χ0n) is 18.1. The number of methoxy groups -OCH3 is 1. The average molecular weight is 446 g/mol. The van der Waals surface area contributed by atoms with Gasteiger partial charge in [-0.25, -0.2) is 13.2 Å². The molecule has 0 N–H and O–H groups in total. The molecule has 2 aromatic rings. The minimum Gasteiger partial charge on any atom is -0.496 e. The highest BCUT2D eigenvalue weighted by Gasteiger charge is 2.20. The third-order valence-electron chi connectivity index (χ3n) is 4.69. The third-order valence-corrected chi connectivity index (χ3v) is 6.76. The molecule has 0 saturated heterocycles. The lowest BCUT2D eigenvalue weighted by Crippen LogP contribution is -2.30. The van der Waals surface area contributed by atoms with Gasteiger partial charge >= 0.3 is 5.97 Å². The molecule has 0 aliphatic rings. The average Bonchev–Trinajstić information content (AvgIpc) is 2.76. The number of rotatable bonds is 10. The summed E-state index contributed by atoms with van der Waals surface area (Å²) in [6.45, 7) is 5.78. The maximum absolute atomic E-state index is 12.5. The molecule has 0 bridgehead atoms. The number of esters is 1. The maximum atomic E-state index is 12.5. The van der Waals surface area contributed by atoms with E-state index in [0.29, 0.717) is 35.5 Å². The number of carbonyl (C=O) groups excluding carboxylic acids is 2. The van der Waals surface area contributed by atoms with Crippen molar-refractivity contribution in [1.29, 1.82) is 0 Å². The first kappa shape index (κ1) is 24.3. The molecule has 0 atom stereocenters. The normalized spacial score (nSPS) is 11.6. The lowest BCUT2D eigenvalue weighted by atomic mass is 10.1. The van der Waals surface area contributed by atoms with Crippen molar-refractivity contribution < 1.29 is 27.5 Å². The molecular weight excluding hydrogens is 418 g/mol. The molecular formula is C23H27NO6S. The quantitative estimate of drug-likeness (QED) is 0.315. The molecule has 0 spiro atoms. The number of ether oxygens (including phenoxy) is 2. The summed E-state index contributed by atoms with van der Waals surface area (Å²) in [4.78, 5) is 23.8. The molecule has 0 aliphatic heterocycles. The molecule has 31 heavy (non-hydrogen) atoms. The van der Waals surface area contributed by atoms with E-state index in [4.69, 9.17) is 9.47 Å². The maximum Gasteiger partial charge on any atom is 0.331 e. The van der Waals surface area contributed by atoms with Gasteiger partial charge in [0, 0.05) is 30.3 Å². The summed E-state index contributed by atoms with van der Waals surface area (Å²) in [6.07, 6.45) is 2.80.